The van der Waals surface area contributed by atoms with Crippen molar-refractivity contribution in [1.29, 1.82) is 0 Å². The predicted octanol–water partition coefficient (Wildman–Crippen LogP) is 2.94. The van der Waals surface area contributed by atoms with Gasteiger partial charge in [0.25, 0.3) is 0 Å². The van der Waals surface area contributed by atoms with Crippen molar-refractivity contribution in [3.8, 4) is 0 Å². The molecule has 1 N–H and O–H groups in total. The molecule has 0 atom stereocenters. The number of likely N-dealkylation sites (N-methyl/N-ethyl adjacent to an activating group) is 1. The minimum atomic E-state index is -0.144. The molecule has 3 nitrogen and oxygen atoms in total. The number of anilines is 1. The van der Waals surface area contributed by atoms with E-state index in [2.05, 4.69) is 5.32 Å². The molecule has 4 heteroatoms. The van der Waals surface area contributed by atoms with Crippen LogP contribution < -0.4 is 10.2 Å². The minimum absolute atomic E-state index is 0.144. The molecule has 2 aliphatic carbocycles. The number of hydrogen-bond acceptors (Lipinski definition) is 3. The van der Waals surface area contributed by atoms with Crippen LogP contribution in [0, 0.1) is 11.7 Å². The van der Waals surface area contributed by atoms with E-state index in [-0.39, 0.29) is 5.82 Å². The molecule has 0 unspecified atom stereocenters. The number of nitrogens with zero attached hydrogens (tertiary/aromatic N) is 1. The third kappa shape index (κ3) is 4.68. The molecule has 2 fully saturated rings. The van der Waals surface area contributed by atoms with Crippen LogP contribution >= 0.6 is 0 Å². The summed E-state index contributed by atoms with van der Waals surface area (Å²) >= 11 is 0. The maximum atomic E-state index is 14.2. The standard InChI is InChI=1S/C17H25FN2O/c1-20(8-9-21-12-13-2-3-13)17-7-4-14(10-16(17)18)11-19-15-5-6-15/h4,7,10,13,15,19H,2-3,5-6,8-9,11-12H2,1H3. The Morgan fingerprint density at radius 2 is 2.10 bits per heavy atom. The van der Waals surface area contributed by atoms with Crippen molar-refractivity contribution in [2.45, 2.75) is 38.3 Å². The van der Waals surface area contributed by atoms with Gasteiger partial charge in [-0.25, -0.2) is 4.39 Å². The average molecular weight is 292 g/mol. The summed E-state index contributed by atoms with van der Waals surface area (Å²) in [5.74, 6) is 0.639. The van der Waals surface area contributed by atoms with Crippen molar-refractivity contribution in [2.75, 3.05) is 31.7 Å². The Morgan fingerprint density at radius 3 is 2.76 bits per heavy atom. The smallest absolute Gasteiger partial charge is 0.146 e. The molecule has 0 saturated heterocycles. The van der Waals surface area contributed by atoms with Crippen molar-refractivity contribution in [1.82, 2.24) is 5.32 Å². The molecule has 1 aromatic carbocycles. The van der Waals surface area contributed by atoms with Gasteiger partial charge in [-0.3, -0.25) is 0 Å². The second-order valence-electron chi connectivity index (χ2n) is 6.38. The summed E-state index contributed by atoms with van der Waals surface area (Å²) in [6.45, 7) is 3.01. The van der Waals surface area contributed by atoms with Crippen LogP contribution in [0.2, 0.25) is 0 Å². The monoisotopic (exact) mass is 292 g/mol. The molecule has 1 aromatic rings. The highest BCUT2D eigenvalue weighted by Crippen LogP contribution is 2.28. The van der Waals surface area contributed by atoms with E-state index in [0.717, 1.165) is 31.2 Å². The molecule has 21 heavy (non-hydrogen) atoms. The number of halogens is 1. The van der Waals surface area contributed by atoms with Gasteiger partial charge < -0.3 is 15.0 Å². The van der Waals surface area contributed by atoms with Gasteiger partial charge in [-0.15, -0.1) is 0 Å². The Bertz CT molecular complexity index is 472. The summed E-state index contributed by atoms with van der Waals surface area (Å²) in [5, 5.41) is 3.41. The molecule has 0 radical (unpaired) electrons. The van der Waals surface area contributed by atoms with Gasteiger partial charge in [0, 0.05) is 32.8 Å². The lowest BCUT2D eigenvalue weighted by Crippen LogP contribution is -2.24. The van der Waals surface area contributed by atoms with E-state index in [1.165, 1.54) is 25.7 Å². The molecule has 0 aromatic heterocycles. The highest BCUT2D eigenvalue weighted by atomic mass is 19.1. The second-order valence-corrected chi connectivity index (χ2v) is 6.38. The van der Waals surface area contributed by atoms with Crippen molar-refractivity contribution < 1.29 is 9.13 Å². The molecule has 0 amide bonds. The minimum Gasteiger partial charge on any atom is -0.379 e. The zero-order chi connectivity index (χ0) is 14.7. The summed E-state index contributed by atoms with van der Waals surface area (Å²) in [7, 11) is 1.92. The number of nitrogens with one attached hydrogen (secondary N) is 1. The zero-order valence-electron chi connectivity index (χ0n) is 12.8. The van der Waals surface area contributed by atoms with Gasteiger partial charge in [-0.1, -0.05) is 6.07 Å². The Morgan fingerprint density at radius 1 is 1.29 bits per heavy atom. The number of ether oxygens (including phenoxy) is 1. The molecule has 2 aliphatic rings. The molecule has 0 heterocycles. The van der Waals surface area contributed by atoms with Crippen molar-refractivity contribution >= 4 is 5.69 Å². The van der Waals surface area contributed by atoms with E-state index >= 15 is 0 Å². The van der Waals surface area contributed by atoms with Crippen LogP contribution in [-0.4, -0.2) is 32.8 Å². The summed E-state index contributed by atoms with van der Waals surface area (Å²) in [6, 6.07) is 6.18. The molecule has 0 bridgehead atoms. The van der Waals surface area contributed by atoms with E-state index < -0.39 is 0 Å². The number of hydrogen-bond donors (Lipinski definition) is 1. The Kier molecular flexibility index (Phi) is 4.76. The van der Waals surface area contributed by atoms with E-state index in [1.807, 2.05) is 24.1 Å². The first-order valence-electron chi connectivity index (χ1n) is 8.03. The fourth-order valence-corrected chi connectivity index (χ4v) is 2.38. The first-order valence-corrected chi connectivity index (χ1v) is 8.03. The van der Waals surface area contributed by atoms with Crippen LogP contribution in [0.4, 0.5) is 10.1 Å². The number of rotatable bonds is 9. The zero-order valence-corrected chi connectivity index (χ0v) is 12.8. The van der Waals surface area contributed by atoms with Gasteiger partial charge in [-0.2, -0.15) is 0 Å². The topological polar surface area (TPSA) is 24.5 Å². The fourth-order valence-electron chi connectivity index (χ4n) is 2.38. The normalized spacial score (nSPS) is 18.0. The van der Waals surface area contributed by atoms with Crippen LogP contribution in [0.15, 0.2) is 18.2 Å². The van der Waals surface area contributed by atoms with Crippen LogP contribution in [-0.2, 0) is 11.3 Å². The maximum absolute atomic E-state index is 14.2. The van der Waals surface area contributed by atoms with Crippen molar-refractivity contribution in [3.63, 3.8) is 0 Å². The SMILES string of the molecule is CN(CCOCC1CC1)c1ccc(CNC2CC2)cc1F. The summed E-state index contributed by atoms with van der Waals surface area (Å²) in [6.07, 6.45) is 5.12. The Hall–Kier alpha value is -1.13. The predicted molar refractivity (Wildman–Crippen MR) is 83.1 cm³/mol. The third-order valence-electron chi connectivity index (χ3n) is 4.22. The highest BCUT2D eigenvalue weighted by molar-refractivity contribution is 5.48. The van der Waals surface area contributed by atoms with Gasteiger partial charge in [0.15, 0.2) is 0 Å². The van der Waals surface area contributed by atoms with Gasteiger partial charge in [-0.05, 0) is 49.3 Å². The molecular formula is C17H25FN2O. The number of benzene rings is 1. The van der Waals surface area contributed by atoms with E-state index in [9.17, 15) is 4.39 Å². The molecule has 0 aliphatic heterocycles. The third-order valence-corrected chi connectivity index (χ3v) is 4.22. The van der Waals surface area contributed by atoms with Gasteiger partial charge >= 0.3 is 0 Å². The Balaban J connectivity index is 1.45. The van der Waals surface area contributed by atoms with Crippen molar-refractivity contribution in [3.05, 3.63) is 29.6 Å². The summed E-state index contributed by atoms with van der Waals surface area (Å²) in [5.41, 5.74) is 1.67. The van der Waals surface area contributed by atoms with E-state index in [1.54, 1.807) is 6.07 Å². The van der Waals surface area contributed by atoms with Crippen LogP contribution in [0.3, 0.4) is 0 Å². The first-order chi connectivity index (χ1) is 10.2. The summed E-state index contributed by atoms with van der Waals surface area (Å²) < 4.78 is 19.8. The maximum Gasteiger partial charge on any atom is 0.146 e. The van der Waals surface area contributed by atoms with E-state index in [0.29, 0.717) is 18.3 Å². The lowest BCUT2D eigenvalue weighted by Gasteiger charge is -2.20. The average Bonchev–Trinajstić information content (AvgIpc) is 3.36. The largest absolute Gasteiger partial charge is 0.379 e. The molecular weight excluding hydrogens is 267 g/mol. The van der Waals surface area contributed by atoms with Crippen LogP contribution in [0.5, 0.6) is 0 Å². The highest BCUT2D eigenvalue weighted by Gasteiger charge is 2.21. The molecule has 3 rings (SSSR count). The van der Waals surface area contributed by atoms with Crippen molar-refractivity contribution in [2.24, 2.45) is 5.92 Å². The fraction of sp³-hybridized carbons (Fsp3) is 0.647. The molecule has 0 spiro atoms. The lowest BCUT2D eigenvalue weighted by atomic mass is 10.2. The van der Waals surface area contributed by atoms with Gasteiger partial charge in [0.05, 0.1) is 12.3 Å². The van der Waals surface area contributed by atoms with E-state index in [4.69, 9.17) is 4.74 Å². The quantitative estimate of drug-likeness (QED) is 0.708. The Labute approximate surface area is 126 Å². The second kappa shape index (κ2) is 6.75. The summed E-state index contributed by atoms with van der Waals surface area (Å²) in [4.78, 5) is 1.93. The molecule has 116 valence electrons. The lowest BCUT2D eigenvalue weighted by molar-refractivity contribution is 0.131. The van der Waals surface area contributed by atoms with Crippen LogP contribution in [0.1, 0.15) is 31.2 Å². The van der Waals surface area contributed by atoms with Gasteiger partial charge in [0.1, 0.15) is 5.82 Å². The first kappa shape index (κ1) is 14.8. The van der Waals surface area contributed by atoms with Crippen LogP contribution in [0.25, 0.3) is 0 Å². The van der Waals surface area contributed by atoms with Gasteiger partial charge in [0.2, 0.25) is 0 Å². The molecule has 2 saturated carbocycles.